The fourth-order valence-electron chi connectivity index (χ4n) is 1.34. The molecule has 3 heteroatoms. The molecule has 0 aliphatic carbocycles. The van der Waals surface area contributed by atoms with Crippen LogP contribution in [0.15, 0.2) is 18.2 Å². The van der Waals surface area contributed by atoms with Crippen LogP contribution in [0.4, 0.5) is 5.69 Å². The third kappa shape index (κ3) is 4.86. The average Bonchev–Trinajstić information content (AvgIpc) is 2.20. The Morgan fingerprint density at radius 3 is 2.75 bits per heavy atom. The van der Waals surface area contributed by atoms with Gasteiger partial charge in [0.25, 0.3) is 0 Å². The lowest BCUT2D eigenvalue weighted by Crippen LogP contribution is -2.12. The van der Waals surface area contributed by atoms with Crippen molar-refractivity contribution in [2.45, 2.75) is 20.8 Å². The van der Waals surface area contributed by atoms with Crippen molar-refractivity contribution < 1.29 is 4.74 Å². The summed E-state index contributed by atoms with van der Waals surface area (Å²) in [6, 6.07) is 6.00. The first-order chi connectivity index (χ1) is 7.59. The molecule has 0 radical (unpaired) electrons. The van der Waals surface area contributed by atoms with E-state index < -0.39 is 0 Å². The highest BCUT2D eigenvalue weighted by Gasteiger charge is 1.99. The minimum Gasteiger partial charge on any atom is -0.382 e. The van der Waals surface area contributed by atoms with Gasteiger partial charge in [0.2, 0.25) is 0 Å². The number of hydrogen-bond donors (Lipinski definition) is 1. The molecule has 0 amide bonds. The molecule has 0 unspecified atom stereocenters. The Kier molecular flexibility index (Phi) is 5.64. The Morgan fingerprint density at radius 1 is 1.38 bits per heavy atom. The minimum atomic E-state index is 0.586. The lowest BCUT2D eigenvalue weighted by atomic mass is 10.2. The minimum absolute atomic E-state index is 0.586. The quantitative estimate of drug-likeness (QED) is 0.767. The second-order valence-electron chi connectivity index (χ2n) is 4.38. The summed E-state index contributed by atoms with van der Waals surface area (Å²) in [5.74, 6) is 0.586. The summed E-state index contributed by atoms with van der Waals surface area (Å²) >= 11 is 6.09. The number of aryl methyl sites for hydroxylation is 1. The van der Waals surface area contributed by atoms with Crippen molar-refractivity contribution >= 4 is 17.3 Å². The molecule has 0 atom stereocenters. The van der Waals surface area contributed by atoms with Gasteiger partial charge in [-0.1, -0.05) is 31.5 Å². The van der Waals surface area contributed by atoms with Crippen molar-refractivity contribution in [3.05, 3.63) is 28.8 Å². The number of hydrogen-bond acceptors (Lipinski definition) is 2. The van der Waals surface area contributed by atoms with Gasteiger partial charge >= 0.3 is 0 Å². The largest absolute Gasteiger partial charge is 0.382 e. The lowest BCUT2D eigenvalue weighted by Gasteiger charge is -2.10. The van der Waals surface area contributed by atoms with Gasteiger partial charge in [-0.3, -0.25) is 0 Å². The molecule has 1 rings (SSSR count). The monoisotopic (exact) mass is 241 g/mol. The first-order valence-electron chi connectivity index (χ1n) is 5.67. The van der Waals surface area contributed by atoms with E-state index in [1.54, 1.807) is 0 Å². The summed E-state index contributed by atoms with van der Waals surface area (Å²) in [6.07, 6.45) is 0. The molecule has 1 aromatic rings. The fourth-order valence-corrected chi connectivity index (χ4v) is 1.64. The van der Waals surface area contributed by atoms with E-state index in [-0.39, 0.29) is 0 Å². The highest BCUT2D eigenvalue weighted by Crippen LogP contribution is 2.22. The molecule has 90 valence electrons. The van der Waals surface area contributed by atoms with Crippen LogP contribution < -0.4 is 5.32 Å². The first kappa shape index (κ1) is 13.3. The van der Waals surface area contributed by atoms with Crippen LogP contribution in [0, 0.1) is 12.8 Å². The normalized spacial score (nSPS) is 10.8. The molecule has 0 saturated carbocycles. The third-order valence-corrected chi connectivity index (χ3v) is 2.45. The Hall–Kier alpha value is -0.730. The van der Waals surface area contributed by atoms with Crippen LogP contribution >= 0.6 is 11.6 Å². The van der Waals surface area contributed by atoms with Gasteiger partial charge in [-0.2, -0.15) is 0 Å². The first-order valence-corrected chi connectivity index (χ1v) is 6.05. The van der Waals surface area contributed by atoms with Gasteiger partial charge in [0.05, 0.1) is 17.3 Å². The van der Waals surface area contributed by atoms with E-state index >= 15 is 0 Å². The topological polar surface area (TPSA) is 21.3 Å². The summed E-state index contributed by atoms with van der Waals surface area (Å²) in [7, 11) is 0. The molecular formula is C13H20ClNO. The highest BCUT2D eigenvalue weighted by atomic mass is 35.5. The molecule has 0 aromatic heterocycles. The zero-order valence-electron chi connectivity index (χ0n) is 10.2. The smallest absolute Gasteiger partial charge is 0.0640 e. The molecular weight excluding hydrogens is 222 g/mol. The maximum atomic E-state index is 6.09. The highest BCUT2D eigenvalue weighted by molar-refractivity contribution is 6.33. The van der Waals surface area contributed by atoms with E-state index in [0.717, 1.165) is 23.9 Å². The number of halogens is 1. The molecule has 0 aliphatic heterocycles. The molecule has 0 fully saturated rings. The number of rotatable bonds is 6. The summed E-state index contributed by atoms with van der Waals surface area (Å²) in [6.45, 7) is 8.62. The number of ether oxygens (including phenoxy) is 1. The molecule has 16 heavy (non-hydrogen) atoms. The van der Waals surface area contributed by atoms with Crippen molar-refractivity contribution in [2.75, 3.05) is 25.1 Å². The Morgan fingerprint density at radius 2 is 2.12 bits per heavy atom. The van der Waals surface area contributed by atoms with Crippen LogP contribution in [0.3, 0.4) is 0 Å². The number of anilines is 1. The standard InChI is InChI=1S/C13H20ClNO/c1-10(2)9-16-7-6-15-13-5-4-11(3)8-12(13)14/h4-5,8,10,15H,6-7,9H2,1-3H3. The van der Waals surface area contributed by atoms with E-state index in [1.165, 1.54) is 5.56 Å². The van der Waals surface area contributed by atoms with E-state index in [0.29, 0.717) is 12.5 Å². The maximum Gasteiger partial charge on any atom is 0.0640 e. The lowest BCUT2D eigenvalue weighted by molar-refractivity contribution is 0.118. The summed E-state index contributed by atoms with van der Waals surface area (Å²) in [5, 5.41) is 4.02. The average molecular weight is 242 g/mol. The van der Waals surface area contributed by atoms with Crippen molar-refractivity contribution in [3.8, 4) is 0 Å². The zero-order valence-corrected chi connectivity index (χ0v) is 11.0. The van der Waals surface area contributed by atoms with Gasteiger partial charge in [-0.25, -0.2) is 0 Å². The van der Waals surface area contributed by atoms with Crippen LogP contribution in [0.5, 0.6) is 0 Å². The summed E-state index contributed by atoms with van der Waals surface area (Å²) < 4.78 is 5.47. The molecule has 0 spiro atoms. The van der Waals surface area contributed by atoms with Crippen LogP contribution in [-0.4, -0.2) is 19.8 Å². The van der Waals surface area contributed by atoms with Crippen molar-refractivity contribution in [1.29, 1.82) is 0 Å². The van der Waals surface area contributed by atoms with Gasteiger partial charge in [-0.05, 0) is 30.5 Å². The van der Waals surface area contributed by atoms with E-state index in [9.17, 15) is 0 Å². The fraction of sp³-hybridized carbons (Fsp3) is 0.538. The van der Waals surface area contributed by atoms with Crippen LogP contribution in [-0.2, 0) is 4.74 Å². The molecule has 0 aliphatic rings. The Labute approximate surface area is 103 Å². The van der Waals surface area contributed by atoms with E-state index in [2.05, 4.69) is 19.2 Å². The van der Waals surface area contributed by atoms with Gasteiger partial charge in [0.15, 0.2) is 0 Å². The molecule has 0 heterocycles. The van der Waals surface area contributed by atoms with Gasteiger partial charge in [-0.15, -0.1) is 0 Å². The Balaban J connectivity index is 2.27. The Bertz CT molecular complexity index is 326. The second kappa shape index (κ2) is 6.77. The van der Waals surface area contributed by atoms with Gasteiger partial charge in [0.1, 0.15) is 0 Å². The maximum absolute atomic E-state index is 6.09. The van der Waals surface area contributed by atoms with E-state index in [1.807, 2.05) is 25.1 Å². The summed E-state index contributed by atoms with van der Waals surface area (Å²) in [4.78, 5) is 0. The van der Waals surface area contributed by atoms with Crippen LogP contribution in [0.1, 0.15) is 19.4 Å². The summed E-state index contributed by atoms with van der Waals surface area (Å²) in [5.41, 5.74) is 2.15. The van der Waals surface area contributed by atoms with E-state index in [4.69, 9.17) is 16.3 Å². The van der Waals surface area contributed by atoms with Crippen molar-refractivity contribution in [2.24, 2.45) is 5.92 Å². The predicted octanol–water partition coefficient (Wildman–Crippen LogP) is 3.73. The van der Waals surface area contributed by atoms with Gasteiger partial charge in [0, 0.05) is 13.2 Å². The molecule has 1 N–H and O–H groups in total. The van der Waals surface area contributed by atoms with Gasteiger partial charge < -0.3 is 10.1 Å². The molecule has 0 bridgehead atoms. The number of benzene rings is 1. The molecule has 0 saturated heterocycles. The SMILES string of the molecule is Cc1ccc(NCCOCC(C)C)c(Cl)c1. The van der Waals surface area contributed by atoms with Crippen molar-refractivity contribution in [1.82, 2.24) is 0 Å². The predicted molar refractivity (Wildman–Crippen MR) is 70.3 cm³/mol. The second-order valence-corrected chi connectivity index (χ2v) is 4.79. The van der Waals surface area contributed by atoms with Crippen molar-refractivity contribution in [3.63, 3.8) is 0 Å². The van der Waals surface area contributed by atoms with Crippen LogP contribution in [0.2, 0.25) is 5.02 Å². The van der Waals surface area contributed by atoms with Crippen LogP contribution in [0.25, 0.3) is 0 Å². The number of nitrogens with one attached hydrogen (secondary N) is 1. The zero-order chi connectivity index (χ0) is 12.0. The third-order valence-electron chi connectivity index (χ3n) is 2.14. The molecule has 1 aromatic carbocycles. The molecule has 2 nitrogen and oxygen atoms in total.